The number of hydrogen-bond donors (Lipinski definition) is 0. The van der Waals surface area contributed by atoms with Crippen molar-refractivity contribution >= 4 is 22.6 Å². The fraction of sp³-hybridized carbons (Fsp3) is 0.882. The largest absolute Gasteiger partial charge is 0.0864 e. The molecule has 0 radical (unpaired) electrons. The minimum atomic E-state index is 1.34. The molecule has 106 valence electrons. The van der Waals surface area contributed by atoms with Gasteiger partial charge in [0.25, 0.3) is 0 Å². The summed E-state index contributed by atoms with van der Waals surface area (Å²) in [4.78, 5) is 0. The second-order valence-corrected chi connectivity index (χ2v) is 6.83. The van der Waals surface area contributed by atoms with E-state index in [-0.39, 0.29) is 0 Å². The summed E-state index contributed by atoms with van der Waals surface area (Å²) in [5.74, 6) is 0. The third-order valence-electron chi connectivity index (χ3n) is 4.00. The van der Waals surface area contributed by atoms with Crippen LogP contribution in [0.25, 0.3) is 0 Å². The second kappa shape index (κ2) is 11.3. The summed E-state index contributed by atoms with van der Waals surface area (Å²) in [6, 6.07) is 0. The molecule has 0 aliphatic heterocycles. The van der Waals surface area contributed by atoms with E-state index in [1.807, 2.05) is 11.1 Å². The average molecular weight is 362 g/mol. The Hall–Kier alpha value is 0.470. The molecule has 1 aliphatic carbocycles. The molecule has 0 nitrogen and oxygen atoms in total. The van der Waals surface area contributed by atoms with E-state index in [2.05, 4.69) is 29.5 Å². The molecule has 0 saturated heterocycles. The molecule has 0 spiro atoms. The molecule has 0 bridgehead atoms. The van der Waals surface area contributed by atoms with E-state index in [0.29, 0.717) is 0 Å². The molecular formula is C17H31I. The maximum Gasteiger partial charge on any atom is -0.000473 e. The standard InChI is InChI=1S/C17H31I/c1-2-3-12-16-15-17(16)13-10-8-6-4-5-7-9-11-14-18/h2-15H2,1H3. The number of rotatable bonds is 13. The van der Waals surface area contributed by atoms with E-state index in [0.717, 1.165) is 0 Å². The van der Waals surface area contributed by atoms with Crippen LogP contribution in [0.5, 0.6) is 0 Å². The van der Waals surface area contributed by atoms with E-state index in [9.17, 15) is 0 Å². The predicted molar refractivity (Wildman–Crippen MR) is 91.6 cm³/mol. The highest BCUT2D eigenvalue weighted by Crippen LogP contribution is 2.38. The van der Waals surface area contributed by atoms with Crippen molar-refractivity contribution in [3.63, 3.8) is 0 Å². The Labute approximate surface area is 128 Å². The SMILES string of the molecule is CCCCC1=C(CCCCCCCCCCI)C1. The molecule has 0 amide bonds. The molecule has 0 fully saturated rings. The van der Waals surface area contributed by atoms with Gasteiger partial charge >= 0.3 is 0 Å². The number of allylic oxidation sites excluding steroid dienone is 2. The summed E-state index contributed by atoms with van der Waals surface area (Å²) in [6.07, 6.45) is 18.7. The van der Waals surface area contributed by atoms with Crippen LogP contribution < -0.4 is 0 Å². The molecular weight excluding hydrogens is 331 g/mol. The zero-order chi connectivity index (χ0) is 13.1. The number of hydrogen-bond acceptors (Lipinski definition) is 0. The highest BCUT2D eigenvalue weighted by Gasteiger charge is 2.18. The van der Waals surface area contributed by atoms with Crippen molar-refractivity contribution in [3.05, 3.63) is 11.1 Å². The van der Waals surface area contributed by atoms with Crippen molar-refractivity contribution < 1.29 is 0 Å². The fourth-order valence-electron chi connectivity index (χ4n) is 2.63. The van der Waals surface area contributed by atoms with Crippen molar-refractivity contribution in [1.82, 2.24) is 0 Å². The fourth-order valence-corrected chi connectivity index (χ4v) is 3.17. The van der Waals surface area contributed by atoms with Gasteiger partial charge in [0.15, 0.2) is 0 Å². The summed E-state index contributed by atoms with van der Waals surface area (Å²) in [5, 5.41) is 0. The van der Waals surface area contributed by atoms with Crippen molar-refractivity contribution in [3.8, 4) is 0 Å². The van der Waals surface area contributed by atoms with Gasteiger partial charge in [-0.3, -0.25) is 0 Å². The monoisotopic (exact) mass is 362 g/mol. The number of alkyl halides is 1. The minimum absolute atomic E-state index is 1.34. The van der Waals surface area contributed by atoms with Crippen molar-refractivity contribution in [2.75, 3.05) is 4.43 Å². The summed E-state index contributed by atoms with van der Waals surface area (Å²) in [5.41, 5.74) is 3.64. The first kappa shape index (κ1) is 16.5. The molecule has 0 unspecified atom stereocenters. The lowest BCUT2D eigenvalue weighted by atomic mass is 10.1. The Morgan fingerprint density at radius 3 is 1.78 bits per heavy atom. The molecule has 0 aromatic heterocycles. The molecule has 0 N–H and O–H groups in total. The molecule has 0 atom stereocenters. The normalized spacial score (nSPS) is 14.3. The van der Waals surface area contributed by atoms with Gasteiger partial charge in [-0.25, -0.2) is 0 Å². The third-order valence-corrected chi connectivity index (χ3v) is 4.76. The van der Waals surface area contributed by atoms with E-state index in [1.165, 1.54) is 87.9 Å². The van der Waals surface area contributed by atoms with Gasteiger partial charge in [-0.2, -0.15) is 0 Å². The highest BCUT2D eigenvalue weighted by atomic mass is 127. The zero-order valence-corrected chi connectivity index (χ0v) is 14.4. The maximum atomic E-state index is 2.48. The quantitative estimate of drug-likeness (QED) is 0.146. The molecule has 1 rings (SSSR count). The smallest absolute Gasteiger partial charge is 0.000473 e. The van der Waals surface area contributed by atoms with E-state index >= 15 is 0 Å². The van der Waals surface area contributed by atoms with Crippen LogP contribution in [0.2, 0.25) is 0 Å². The van der Waals surface area contributed by atoms with E-state index in [1.54, 1.807) is 0 Å². The predicted octanol–water partition coefficient (Wildman–Crippen LogP) is 6.82. The molecule has 1 aliphatic rings. The van der Waals surface area contributed by atoms with Gasteiger partial charge in [-0.1, -0.05) is 85.6 Å². The van der Waals surface area contributed by atoms with E-state index in [4.69, 9.17) is 0 Å². The topological polar surface area (TPSA) is 0 Å². The Balaban J connectivity index is 1.78. The molecule has 18 heavy (non-hydrogen) atoms. The van der Waals surface area contributed by atoms with E-state index < -0.39 is 0 Å². The lowest BCUT2D eigenvalue weighted by Gasteiger charge is -2.00. The van der Waals surface area contributed by atoms with Gasteiger partial charge in [0.1, 0.15) is 0 Å². The lowest BCUT2D eigenvalue weighted by molar-refractivity contribution is 0.578. The van der Waals surface area contributed by atoms with Crippen LogP contribution in [0.1, 0.15) is 90.4 Å². The number of unbranched alkanes of at least 4 members (excludes halogenated alkanes) is 8. The Bertz CT molecular complexity index is 230. The average Bonchev–Trinajstić information content (AvgIpc) is 3.13. The molecule has 1 heteroatoms. The first-order valence-corrected chi connectivity index (χ1v) is 9.66. The van der Waals surface area contributed by atoms with Gasteiger partial charge in [-0.05, 0) is 43.0 Å². The molecule has 0 heterocycles. The molecule has 0 aromatic rings. The maximum absolute atomic E-state index is 2.48. The zero-order valence-electron chi connectivity index (χ0n) is 12.3. The summed E-state index contributed by atoms with van der Waals surface area (Å²) >= 11 is 2.48. The van der Waals surface area contributed by atoms with Gasteiger partial charge < -0.3 is 0 Å². The summed E-state index contributed by atoms with van der Waals surface area (Å²) < 4.78 is 1.34. The van der Waals surface area contributed by atoms with Gasteiger partial charge in [0.2, 0.25) is 0 Å². The number of halogens is 1. The first-order chi connectivity index (χ1) is 8.88. The van der Waals surface area contributed by atoms with Crippen LogP contribution >= 0.6 is 22.6 Å². The molecule has 0 aromatic carbocycles. The van der Waals surface area contributed by atoms with Crippen molar-refractivity contribution in [2.45, 2.75) is 90.4 Å². The first-order valence-electron chi connectivity index (χ1n) is 8.14. The van der Waals surface area contributed by atoms with Crippen LogP contribution in [0, 0.1) is 0 Å². The van der Waals surface area contributed by atoms with Crippen LogP contribution in [0.15, 0.2) is 11.1 Å². The van der Waals surface area contributed by atoms with Crippen LogP contribution in [0.4, 0.5) is 0 Å². The van der Waals surface area contributed by atoms with Crippen LogP contribution in [0.3, 0.4) is 0 Å². The van der Waals surface area contributed by atoms with Gasteiger partial charge in [-0.15, -0.1) is 0 Å². The van der Waals surface area contributed by atoms with Crippen LogP contribution in [-0.2, 0) is 0 Å². The van der Waals surface area contributed by atoms with Crippen molar-refractivity contribution in [1.29, 1.82) is 0 Å². The summed E-state index contributed by atoms with van der Waals surface area (Å²) in [6.45, 7) is 2.29. The Morgan fingerprint density at radius 2 is 1.22 bits per heavy atom. The highest BCUT2D eigenvalue weighted by molar-refractivity contribution is 14.1. The van der Waals surface area contributed by atoms with Crippen molar-refractivity contribution in [2.24, 2.45) is 0 Å². The van der Waals surface area contributed by atoms with Gasteiger partial charge in [0.05, 0.1) is 0 Å². The molecule has 0 saturated carbocycles. The Morgan fingerprint density at radius 1 is 0.722 bits per heavy atom. The lowest BCUT2D eigenvalue weighted by Crippen LogP contribution is -1.81. The van der Waals surface area contributed by atoms with Crippen LogP contribution in [-0.4, -0.2) is 4.43 Å². The Kier molecular flexibility index (Phi) is 10.4. The third kappa shape index (κ3) is 8.55. The second-order valence-electron chi connectivity index (χ2n) is 5.75. The summed E-state index contributed by atoms with van der Waals surface area (Å²) in [7, 11) is 0. The van der Waals surface area contributed by atoms with Gasteiger partial charge in [0, 0.05) is 0 Å². The minimum Gasteiger partial charge on any atom is -0.0864 e.